The van der Waals surface area contributed by atoms with Gasteiger partial charge in [-0.1, -0.05) is 6.08 Å². The fraction of sp³-hybridized carbons (Fsp3) is 0.700. The highest BCUT2D eigenvalue weighted by atomic mass is 19.4. The molecular weight excluding hydrogens is 234 g/mol. The predicted octanol–water partition coefficient (Wildman–Crippen LogP) is 3.23. The Morgan fingerprint density at radius 2 is 1.65 bits per heavy atom. The Bertz CT molecular complexity index is 306. The first-order valence-electron chi connectivity index (χ1n) is 5.22. The SMILES string of the molecule is CC(C)(/C=C/[B-](F)(F)F)NC(=O)OC(C)(C)C. The number of alkyl carbamates (subject to hydrolysis) is 1. The second-order valence-electron chi connectivity index (χ2n) is 5.33. The molecule has 0 fully saturated rings. The number of nitrogens with one attached hydrogen (secondary N) is 1. The largest absolute Gasteiger partial charge is 0.502 e. The summed E-state index contributed by atoms with van der Waals surface area (Å²) >= 11 is 0. The third-order valence-corrected chi connectivity index (χ3v) is 1.55. The van der Waals surface area contributed by atoms with Gasteiger partial charge >= 0.3 is 13.1 Å². The van der Waals surface area contributed by atoms with Crippen molar-refractivity contribution in [2.45, 2.75) is 45.8 Å². The summed E-state index contributed by atoms with van der Waals surface area (Å²) in [5, 5.41) is 2.35. The van der Waals surface area contributed by atoms with Gasteiger partial charge in [0.05, 0.1) is 5.54 Å². The molecule has 0 saturated carbocycles. The van der Waals surface area contributed by atoms with Crippen molar-refractivity contribution in [2.75, 3.05) is 0 Å². The lowest BCUT2D eigenvalue weighted by Gasteiger charge is -2.27. The van der Waals surface area contributed by atoms with E-state index in [-0.39, 0.29) is 5.98 Å². The van der Waals surface area contributed by atoms with Gasteiger partial charge in [-0.25, -0.2) is 4.79 Å². The number of carbonyl (C=O) groups excluding carboxylic acids is 1. The Kier molecular flexibility index (Phi) is 4.68. The summed E-state index contributed by atoms with van der Waals surface area (Å²) in [6, 6.07) is 0. The van der Waals surface area contributed by atoms with Crippen LogP contribution in [-0.4, -0.2) is 24.2 Å². The zero-order valence-electron chi connectivity index (χ0n) is 10.7. The monoisotopic (exact) mass is 252 g/mol. The third-order valence-electron chi connectivity index (χ3n) is 1.55. The molecule has 0 spiro atoms. The summed E-state index contributed by atoms with van der Waals surface area (Å²) in [6.07, 6.45) is 0.151. The van der Waals surface area contributed by atoms with Crippen LogP contribution in [0, 0.1) is 0 Å². The Hall–Kier alpha value is -1.14. The van der Waals surface area contributed by atoms with Crippen LogP contribution in [0.25, 0.3) is 0 Å². The van der Waals surface area contributed by atoms with Crippen molar-refractivity contribution >= 4 is 13.1 Å². The van der Waals surface area contributed by atoms with Crippen LogP contribution in [-0.2, 0) is 4.74 Å². The summed E-state index contributed by atoms with van der Waals surface area (Å²) in [4.78, 5) is 11.4. The third kappa shape index (κ3) is 9.77. The highest BCUT2D eigenvalue weighted by molar-refractivity contribution is 6.64. The average Bonchev–Trinajstić information content (AvgIpc) is 1.94. The fourth-order valence-electron chi connectivity index (χ4n) is 0.958. The summed E-state index contributed by atoms with van der Waals surface area (Å²) in [7, 11) is 0. The van der Waals surface area contributed by atoms with Gasteiger partial charge in [-0.05, 0) is 34.6 Å². The van der Waals surface area contributed by atoms with Gasteiger partial charge in [0.1, 0.15) is 5.60 Å². The van der Waals surface area contributed by atoms with Gasteiger partial charge in [-0.2, -0.15) is 0 Å². The minimum absolute atomic E-state index is 0.150. The maximum Gasteiger partial charge on any atom is 0.502 e. The van der Waals surface area contributed by atoms with E-state index in [4.69, 9.17) is 4.74 Å². The van der Waals surface area contributed by atoms with E-state index in [1.54, 1.807) is 20.8 Å². The van der Waals surface area contributed by atoms with Crippen molar-refractivity contribution in [2.24, 2.45) is 0 Å². The van der Waals surface area contributed by atoms with Gasteiger partial charge < -0.3 is 23.0 Å². The van der Waals surface area contributed by atoms with Crippen molar-refractivity contribution in [1.29, 1.82) is 0 Å². The van der Waals surface area contributed by atoms with Crippen molar-refractivity contribution in [3.05, 3.63) is 12.1 Å². The van der Waals surface area contributed by atoms with Crippen molar-refractivity contribution in [1.82, 2.24) is 5.32 Å². The van der Waals surface area contributed by atoms with E-state index in [0.29, 0.717) is 0 Å². The second kappa shape index (κ2) is 5.02. The van der Waals surface area contributed by atoms with Crippen molar-refractivity contribution < 1.29 is 22.5 Å². The lowest BCUT2D eigenvalue weighted by Crippen LogP contribution is -2.44. The molecule has 1 N–H and O–H groups in total. The first-order valence-corrected chi connectivity index (χ1v) is 5.22. The van der Waals surface area contributed by atoms with Gasteiger partial charge in [0.25, 0.3) is 0 Å². The molecule has 0 radical (unpaired) electrons. The molecular formula is C10H18BF3NO2-. The molecule has 0 bridgehead atoms. The Labute approximate surface area is 99.5 Å². The zero-order chi connectivity index (χ0) is 13.9. The number of ether oxygens (including phenoxy) is 1. The second-order valence-corrected chi connectivity index (χ2v) is 5.33. The number of hydrogen-bond acceptors (Lipinski definition) is 2. The van der Waals surface area contributed by atoms with E-state index in [1.165, 1.54) is 13.8 Å². The fourth-order valence-corrected chi connectivity index (χ4v) is 0.958. The molecule has 0 atom stereocenters. The van der Waals surface area contributed by atoms with Gasteiger partial charge in [-0.3, -0.25) is 0 Å². The van der Waals surface area contributed by atoms with E-state index in [9.17, 15) is 17.7 Å². The van der Waals surface area contributed by atoms with Crippen LogP contribution in [0.3, 0.4) is 0 Å². The Balaban J connectivity index is 4.46. The molecule has 0 heterocycles. The molecule has 0 aromatic rings. The quantitative estimate of drug-likeness (QED) is 0.783. The predicted molar refractivity (Wildman–Crippen MR) is 61.7 cm³/mol. The van der Waals surface area contributed by atoms with E-state index in [1.807, 2.05) is 0 Å². The van der Waals surface area contributed by atoms with Crippen LogP contribution in [0.1, 0.15) is 34.6 Å². The van der Waals surface area contributed by atoms with E-state index >= 15 is 0 Å². The Morgan fingerprint density at radius 1 is 1.18 bits per heavy atom. The number of hydrogen-bond donors (Lipinski definition) is 1. The number of halogens is 3. The van der Waals surface area contributed by atoms with Crippen LogP contribution >= 0.6 is 0 Å². The van der Waals surface area contributed by atoms with E-state index in [2.05, 4.69) is 5.32 Å². The summed E-state index contributed by atoms with van der Waals surface area (Å²) < 4.78 is 41.0. The first kappa shape index (κ1) is 15.9. The normalized spacial score (nSPS) is 13.9. The summed E-state index contributed by atoms with van der Waals surface area (Å²) in [5.41, 5.74) is -1.79. The van der Waals surface area contributed by atoms with Crippen LogP contribution in [0.5, 0.6) is 0 Å². The van der Waals surface area contributed by atoms with E-state index in [0.717, 1.165) is 6.08 Å². The van der Waals surface area contributed by atoms with Gasteiger partial charge in [0.2, 0.25) is 0 Å². The maximum absolute atomic E-state index is 12.0. The zero-order valence-corrected chi connectivity index (χ0v) is 10.7. The maximum atomic E-state index is 12.0. The van der Waals surface area contributed by atoms with Crippen LogP contribution in [0.15, 0.2) is 12.1 Å². The van der Waals surface area contributed by atoms with Crippen molar-refractivity contribution in [3.63, 3.8) is 0 Å². The van der Waals surface area contributed by atoms with Crippen LogP contribution in [0.4, 0.5) is 17.7 Å². The minimum atomic E-state index is -5.00. The highest BCUT2D eigenvalue weighted by Gasteiger charge is 2.24. The highest BCUT2D eigenvalue weighted by Crippen LogP contribution is 2.14. The number of carbonyl (C=O) groups is 1. The molecule has 0 aromatic heterocycles. The molecule has 0 rings (SSSR count). The van der Waals surface area contributed by atoms with Crippen LogP contribution in [0.2, 0.25) is 0 Å². The number of rotatable bonds is 3. The molecule has 0 unspecified atom stereocenters. The summed E-state index contributed by atoms with van der Waals surface area (Å²) in [5.74, 6) is 0.150. The molecule has 0 aromatic carbocycles. The first-order chi connectivity index (χ1) is 7.31. The molecule has 0 aliphatic heterocycles. The molecule has 1 amide bonds. The smallest absolute Gasteiger partial charge is 0.445 e. The van der Waals surface area contributed by atoms with Gasteiger partial charge in [0.15, 0.2) is 0 Å². The van der Waals surface area contributed by atoms with Gasteiger partial charge in [-0.15, -0.1) is 5.98 Å². The molecule has 17 heavy (non-hydrogen) atoms. The molecule has 0 aliphatic rings. The van der Waals surface area contributed by atoms with Crippen molar-refractivity contribution in [3.8, 4) is 0 Å². The molecule has 0 aliphatic carbocycles. The average molecular weight is 252 g/mol. The number of amides is 1. The molecule has 100 valence electrons. The Morgan fingerprint density at radius 3 is 2.00 bits per heavy atom. The summed E-state index contributed by atoms with van der Waals surface area (Å²) in [6.45, 7) is 2.93. The molecule has 0 saturated heterocycles. The van der Waals surface area contributed by atoms with Gasteiger partial charge in [0, 0.05) is 0 Å². The molecule has 7 heteroatoms. The lowest BCUT2D eigenvalue weighted by atomic mass is 9.88. The van der Waals surface area contributed by atoms with E-state index < -0.39 is 24.2 Å². The standard InChI is InChI=1S/C10H18BF3NO2/c1-9(2,3)17-8(16)15-10(4,5)6-7-11(12,13)14/h6-7H,1-5H3,(H,15,16)/q-1/b7-6+. The lowest BCUT2D eigenvalue weighted by molar-refractivity contribution is 0.0491. The minimum Gasteiger partial charge on any atom is -0.445 e. The topological polar surface area (TPSA) is 38.3 Å². The molecule has 3 nitrogen and oxygen atoms in total. The van der Waals surface area contributed by atoms with Crippen LogP contribution < -0.4 is 5.32 Å².